The van der Waals surface area contributed by atoms with Gasteiger partial charge in [-0.3, -0.25) is 9.69 Å². The van der Waals surface area contributed by atoms with E-state index in [1.165, 1.54) is 45.3 Å². The molecule has 0 unspecified atom stereocenters. The Hall–Kier alpha value is -0.650. The van der Waals surface area contributed by atoms with Crippen molar-refractivity contribution < 1.29 is 4.79 Å². The average Bonchev–Trinajstić information content (AvgIpc) is 3.05. The Kier molecular flexibility index (Phi) is 5.49. The number of hydrogen-bond donors (Lipinski definition) is 1. The van der Waals surface area contributed by atoms with Crippen LogP contribution in [0.1, 0.15) is 25.7 Å². The summed E-state index contributed by atoms with van der Waals surface area (Å²) in [5.74, 6) is 1.23. The first kappa shape index (κ1) is 15.3. The number of piperidine rings is 1. The van der Waals surface area contributed by atoms with E-state index in [2.05, 4.69) is 15.1 Å². The van der Waals surface area contributed by atoms with Crippen molar-refractivity contribution in [2.45, 2.75) is 25.7 Å². The van der Waals surface area contributed by atoms with Crippen LogP contribution in [0.15, 0.2) is 0 Å². The molecule has 1 N–H and O–H groups in total. The second-order valence-corrected chi connectivity index (χ2v) is 6.86. The minimum absolute atomic E-state index is 0.347. The Balaban J connectivity index is 1.35. The molecule has 0 saturated carbocycles. The molecule has 1 amide bonds. The molecule has 0 aliphatic carbocycles. The van der Waals surface area contributed by atoms with Gasteiger partial charge < -0.3 is 15.1 Å². The molecule has 0 radical (unpaired) electrons. The first-order valence-corrected chi connectivity index (χ1v) is 8.74. The summed E-state index contributed by atoms with van der Waals surface area (Å²) in [6, 6.07) is 0. The van der Waals surface area contributed by atoms with Gasteiger partial charge in [0, 0.05) is 45.8 Å². The SMILES string of the molecule is O=C(CN1CCN(CC2CCNCC2)CC1)N1CCCC1. The van der Waals surface area contributed by atoms with Gasteiger partial charge in [-0.25, -0.2) is 0 Å². The lowest BCUT2D eigenvalue weighted by Gasteiger charge is -2.37. The number of likely N-dealkylation sites (tertiary alicyclic amines) is 1. The number of nitrogens with one attached hydrogen (secondary N) is 1. The highest BCUT2D eigenvalue weighted by molar-refractivity contribution is 5.78. The number of amides is 1. The molecular formula is C16H30N4O. The molecule has 5 nitrogen and oxygen atoms in total. The first-order valence-electron chi connectivity index (χ1n) is 8.74. The van der Waals surface area contributed by atoms with Crippen molar-refractivity contribution in [3.05, 3.63) is 0 Å². The summed E-state index contributed by atoms with van der Waals surface area (Å²) in [5.41, 5.74) is 0. The smallest absolute Gasteiger partial charge is 0.236 e. The third kappa shape index (κ3) is 4.41. The maximum absolute atomic E-state index is 12.2. The third-order valence-corrected chi connectivity index (χ3v) is 5.26. The summed E-state index contributed by atoms with van der Waals surface area (Å²) in [7, 11) is 0. The molecule has 5 heteroatoms. The molecule has 3 fully saturated rings. The van der Waals surface area contributed by atoms with Gasteiger partial charge in [-0.2, -0.15) is 0 Å². The van der Waals surface area contributed by atoms with Crippen LogP contribution in [-0.2, 0) is 4.79 Å². The van der Waals surface area contributed by atoms with Gasteiger partial charge in [0.1, 0.15) is 0 Å². The molecule has 0 spiro atoms. The van der Waals surface area contributed by atoms with Gasteiger partial charge in [0.05, 0.1) is 6.54 Å². The normalized spacial score (nSPS) is 26.4. The predicted octanol–water partition coefficient (Wildman–Crippen LogP) is 0.226. The molecule has 3 heterocycles. The van der Waals surface area contributed by atoms with Gasteiger partial charge in [0.15, 0.2) is 0 Å². The highest BCUT2D eigenvalue weighted by Gasteiger charge is 2.24. The Labute approximate surface area is 128 Å². The quantitative estimate of drug-likeness (QED) is 0.805. The first-order chi connectivity index (χ1) is 10.3. The van der Waals surface area contributed by atoms with Crippen LogP contribution in [0, 0.1) is 5.92 Å². The fourth-order valence-corrected chi connectivity index (χ4v) is 3.82. The zero-order chi connectivity index (χ0) is 14.5. The Morgan fingerprint density at radius 2 is 1.52 bits per heavy atom. The van der Waals surface area contributed by atoms with Crippen LogP contribution in [0.25, 0.3) is 0 Å². The minimum Gasteiger partial charge on any atom is -0.342 e. The molecule has 3 rings (SSSR count). The van der Waals surface area contributed by atoms with E-state index in [4.69, 9.17) is 0 Å². The van der Waals surface area contributed by atoms with Gasteiger partial charge in [0.25, 0.3) is 0 Å². The standard InChI is InChI=1S/C16H30N4O/c21-16(20-7-1-2-8-20)14-19-11-9-18(10-12-19)13-15-3-5-17-6-4-15/h15,17H,1-14H2. The van der Waals surface area contributed by atoms with Crippen molar-refractivity contribution in [2.24, 2.45) is 5.92 Å². The number of carbonyl (C=O) groups excluding carboxylic acids is 1. The second-order valence-electron chi connectivity index (χ2n) is 6.86. The van der Waals surface area contributed by atoms with Crippen LogP contribution in [0.3, 0.4) is 0 Å². The third-order valence-electron chi connectivity index (χ3n) is 5.26. The lowest BCUT2D eigenvalue weighted by molar-refractivity contribution is -0.131. The van der Waals surface area contributed by atoms with E-state index in [1.807, 2.05) is 4.90 Å². The molecule has 3 aliphatic heterocycles. The van der Waals surface area contributed by atoms with E-state index in [-0.39, 0.29) is 0 Å². The van der Waals surface area contributed by atoms with Crippen molar-refractivity contribution in [3.8, 4) is 0 Å². The summed E-state index contributed by atoms with van der Waals surface area (Å²) in [6.07, 6.45) is 5.03. The molecule has 0 bridgehead atoms. The van der Waals surface area contributed by atoms with Gasteiger partial charge in [-0.15, -0.1) is 0 Å². The van der Waals surface area contributed by atoms with Crippen molar-refractivity contribution in [3.63, 3.8) is 0 Å². The van der Waals surface area contributed by atoms with E-state index < -0.39 is 0 Å². The van der Waals surface area contributed by atoms with E-state index >= 15 is 0 Å². The fourth-order valence-electron chi connectivity index (χ4n) is 3.82. The number of hydrogen-bond acceptors (Lipinski definition) is 4. The topological polar surface area (TPSA) is 38.8 Å². The lowest BCUT2D eigenvalue weighted by Crippen LogP contribution is -2.51. The molecular weight excluding hydrogens is 264 g/mol. The lowest BCUT2D eigenvalue weighted by atomic mass is 9.97. The van der Waals surface area contributed by atoms with Gasteiger partial charge in [-0.05, 0) is 44.7 Å². The van der Waals surface area contributed by atoms with Crippen molar-refractivity contribution >= 4 is 5.91 Å². The molecule has 120 valence electrons. The van der Waals surface area contributed by atoms with Crippen LogP contribution in [0.5, 0.6) is 0 Å². The molecule has 3 aliphatic rings. The van der Waals surface area contributed by atoms with Gasteiger partial charge in [-0.1, -0.05) is 0 Å². The molecule has 3 saturated heterocycles. The molecule has 0 atom stereocenters. The molecule has 0 aromatic rings. The minimum atomic E-state index is 0.347. The largest absolute Gasteiger partial charge is 0.342 e. The summed E-state index contributed by atoms with van der Waals surface area (Å²) < 4.78 is 0. The Bertz CT molecular complexity index is 329. The van der Waals surface area contributed by atoms with Crippen LogP contribution in [0.2, 0.25) is 0 Å². The molecule has 21 heavy (non-hydrogen) atoms. The van der Waals surface area contributed by atoms with Crippen molar-refractivity contribution in [1.82, 2.24) is 20.0 Å². The molecule has 0 aromatic heterocycles. The maximum atomic E-state index is 12.2. The predicted molar refractivity (Wildman–Crippen MR) is 84.3 cm³/mol. The number of rotatable bonds is 4. The summed E-state index contributed by atoms with van der Waals surface area (Å²) in [4.78, 5) is 19.2. The number of carbonyl (C=O) groups is 1. The van der Waals surface area contributed by atoms with E-state index in [9.17, 15) is 4.79 Å². The maximum Gasteiger partial charge on any atom is 0.236 e. The summed E-state index contributed by atoms with van der Waals surface area (Å²) >= 11 is 0. The number of nitrogens with zero attached hydrogens (tertiary/aromatic N) is 3. The summed E-state index contributed by atoms with van der Waals surface area (Å²) in [5, 5.41) is 3.44. The second kappa shape index (κ2) is 7.56. The molecule has 0 aromatic carbocycles. The van der Waals surface area contributed by atoms with Crippen molar-refractivity contribution in [1.29, 1.82) is 0 Å². The summed E-state index contributed by atoms with van der Waals surface area (Å²) in [6.45, 7) is 10.6. The van der Waals surface area contributed by atoms with Crippen LogP contribution >= 0.6 is 0 Å². The van der Waals surface area contributed by atoms with Crippen LogP contribution in [-0.4, -0.2) is 86.1 Å². The van der Waals surface area contributed by atoms with E-state index in [0.717, 1.165) is 45.2 Å². The zero-order valence-electron chi connectivity index (χ0n) is 13.2. The highest BCUT2D eigenvalue weighted by atomic mass is 16.2. The fraction of sp³-hybridized carbons (Fsp3) is 0.938. The highest BCUT2D eigenvalue weighted by Crippen LogP contribution is 2.15. The van der Waals surface area contributed by atoms with Gasteiger partial charge in [0.2, 0.25) is 5.91 Å². The van der Waals surface area contributed by atoms with Crippen molar-refractivity contribution in [2.75, 3.05) is 65.4 Å². The monoisotopic (exact) mass is 294 g/mol. The zero-order valence-corrected chi connectivity index (χ0v) is 13.2. The van der Waals surface area contributed by atoms with Gasteiger partial charge >= 0.3 is 0 Å². The van der Waals surface area contributed by atoms with Crippen LogP contribution in [0.4, 0.5) is 0 Å². The van der Waals surface area contributed by atoms with E-state index in [0.29, 0.717) is 12.5 Å². The average molecular weight is 294 g/mol. The Morgan fingerprint density at radius 1 is 0.905 bits per heavy atom. The number of piperazine rings is 1. The van der Waals surface area contributed by atoms with Crippen LogP contribution < -0.4 is 5.32 Å². The Morgan fingerprint density at radius 3 is 2.19 bits per heavy atom. The van der Waals surface area contributed by atoms with E-state index in [1.54, 1.807) is 0 Å².